The quantitative estimate of drug-likeness (QED) is 0.0637. The molecule has 5 saturated carbocycles. The van der Waals surface area contributed by atoms with Crippen LogP contribution < -0.4 is 50.3 Å². The van der Waals surface area contributed by atoms with Gasteiger partial charge in [-0.15, -0.1) is 0 Å². The van der Waals surface area contributed by atoms with E-state index in [0.717, 1.165) is 260 Å². The minimum Gasteiger partial charge on any atom is -0.474 e. The number of fused-ring (bicyclic) bond motifs is 10. The zero-order valence-electron chi connectivity index (χ0n) is 76.8. The van der Waals surface area contributed by atoms with Crippen LogP contribution in [0.3, 0.4) is 0 Å². The largest absolute Gasteiger partial charge is 0.474 e. The van der Waals surface area contributed by atoms with Gasteiger partial charge in [-0.3, -0.25) is 49.9 Å². The van der Waals surface area contributed by atoms with Gasteiger partial charge in [-0.25, -0.2) is 24.9 Å². The van der Waals surface area contributed by atoms with Gasteiger partial charge in [0.1, 0.15) is 59.3 Å². The molecule has 5 aliphatic carbocycles. The molecule has 5 aromatic carbocycles. The predicted octanol–water partition coefficient (Wildman–Crippen LogP) is 23.5. The molecule has 0 bridgehead atoms. The standard InChI is InChI=1S/5C22H22N4O.CH4/c1-14-4-2-6-20(14)27-22-17-8-7-16(12-15(17)9-11-24-22)26-21-18-5-3-10-23-19(18)13-25-21;1-14-4-2-6-19(14)27-22-18-8-7-17(12-15(18)9-11-24-22)26-21-20-16(13-25-21)5-3-10-23-20;1-14-4-6-17(11-14)27-22-18-7-5-16(12-15(18)8-10-24-22)26-21-19-3-2-9-23-20(19)13-25-21;1-14-4-6-18(11-14)27-22-19-7-5-17(12-15(19)8-10-24-22)26-21-20-16(13-25-21)3-2-9-23-20;1-14-10-16-13-25-21(20(16)24-12-14)26-17-6-7-19-15(11-17)8-9-23-22(19)27-18-4-2-3-5-18;/h3,5,7-12,14,20H,2,4,6,13H2,1H3,(H,25,26);3,5,7-12,14,19H,2,4,6,13H2,1H3,(H,25,26);2-3,5,7-10,12,14,17H,4,6,11,13H2,1H3,(H,25,26);2-3,5,7-10,12,14,18H,4,6,11,13H2,1H3,(H,25,26);6-12,18H,2-5,13H2,1H3,(H,25,26);1H4/t14-,20+;14-,19+;14-,17+;14-,18+;;/m0000../s1. The van der Waals surface area contributed by atoms with Gasteiger partial charge in [0.25, 0.3) is 0 Å². The fourth-order valence-electron chi connectivity index (χ4n) is 19.9. The molecule has 0 radical (unpaired) electrons. The number of amidine groups is 5. The summed E-state index contributed by atoms with van der Waals surface area (Å²) in [5.41, 5.74) is 16.7. The van der Waals surface area contributed by atoms with Gasteiger partial charge >= 0.3 is 0 Å². The van der Waals surface area contributed by atoms with Crippen LogP contribution in [0.15, 0.2) is 263 Å². The van der Waals surface area contributed by atoms with Crippen molar-refractivity contribution in [2.45, 2.75) is 208 Å². The number of ether oxygens (including phenoxy) is 5. The number of hydrogen-bond donors (Lipinski definition) is 5. The molecule has 5 fully saturated rings. The van der Waals surface area contributed by atoms with Crippen molar-refractivity contribution in [2.24, 2.45) is 48.6 Å². The van der Waals surface area contributed by atoms with Crippen molar-refractivity contribution in [3.8, 4) is 29.4 Å². The molecule has 25 heteroatoms. The second kappa shape index (κ2) is 40.6. The number of rotatable bonds is 15. The minimum atomic E-state index is 0. The summed E-state index contributed by atoms with van der Waals surface area (Å²) >= 11 is 0. The Labute approximate surface area is 792 Å². The summed E-state index contributed by atoms with van der Waals surface area (Å²) in [6, 6.07) is 59.6. The second-order valence-corrected chi connectivity index (χ2v) is 37.2. The van der Waals surface area contributed by atoms with E-state index in [2.05, 4.69) is 257 Å². The number of anilines is 5. The van der Waals surface area contributed by atoms with E-state index < -0.39 is 0 Å². The average molecular weight is 1810 g/mol. The predicted molar refractivity (Wildman–Crippen MR) is 543 cm³/mol. The van der Waals surface area contributed by atoms with E-state index in [1.54, 1.807) is 12.4 Å². The molecule has 5 aliphatic heterocycles. The Bertz CT molecular complexity index is 6760. The van der Waals surface area contributed by atoms with Crippen LogP contribution in [-0.4, -0.2) is 110 Å². The van der Waals surface area contributed by atoms with Gasteiger partial charge in [0.15, 0.2) is 17.5 Å². The summed E-state index contributed by atoms with van der Waals surface area (Å²) < 4.78 is 31.1. The lowest BCUT2D eigenvalue weighted by Crippen LogP contribution is -2.19. The Hall–Kier alpha value is -14.8. The number of aryl methyl sites for hydroxylation is 1. The van der Waals surface area contributed by atoms with Gasteiger partial charge in [-0.05, 0) is 324 Å². The van der Waals surface area contributed by atoms with Crippen molar-refractivity contribution in [3.63, 3.8) is 0 Å². The molecule has 25 nitrogen and oxygen atoms in total. The van der Waals surface area contributed by atoms with Crippen molar-refractivity contribution < 1.29 is 23.7 Å². The summed E-state index contributed by atoms with van der Waals surface area (Å²) in [7, 11) is 0. The molecule has 10 aliphatic rings. The van der Waals surface area contributed by atoms with Gasteiger partial charge in [0, 0.05) is 145 Å². The first-order chi connectivity index (χ1) is 66.3. The third-order valence-electron chi connectivity index (χ3n) is 27.3. The lowest BCUT2D eigenvalue weighted by Gasteiger charge is -2.18. The molecule has 0 amide bonds. The molecule has 0 saturated heterocycles. The number of aromatic nitrogens is 10. The highest BCUT2D eigenvalue weighted by atomic mass is 16.5. The van der Waals surface area contributed by atoms with Crippen LogP contribution in [0.5, 0.6) is 29.4 Å². The minimum absolute atomic E-state index is 0. The van der Waals surface area contributed by atoms with Crippen LogP contribution in [-0.2, 0) is 32.7 Å². The lowest BCUT2D eigenvalue weighted by molar-refractivity contribution is 0.163. The van der Waals surface area contributed by atoms with Gasteiger partial charge < -0.3 is 50.3 Å². The number of aliphatic imine (C=N–C) groups is 5. The Kier molecular flexibility index (Phi) is 26.6. The Morgan fingerprint density at radius 3 is 0.985 bits per heavy atom. The highest BCUT2D eigenvalue weighted by Gasteiger charge is 2.32. The molecule has 8 atom stereocenters. The smallest absolute Gasteiger partial charge is 0.221 e. The fourth-order valence-corrected chi connectivity index (χ4v) is 19.9. The number of nitrogens with zero attached hydrogens (tertiary/aromatic N) is 15. The van der Waals surface area contributed by atoms with Gasteiger partial charge in [-0.1, -0.05) is 53.3 Å². The maximum absolute atomic E-state index is 6.26. The molecule has 0 spiro atoms. The first-order valence-corrected chi connectivity index (χ1v) is 47.9. The van der Waals surface area contributed by atoms with Crippen molar-refractivity contribution in [1.82, 2.24) is 49.8 Å². The average Bonchev–Trinajstić information content (AvgIpc) is 1.71. The van der Waals surface area contributed by atoms with Crippen LogP contribution in [0.4, 0.5) is 28.4 Å². The second-order valence-electron chi connectivity index (χ2n) is 37.2. The van der Waals surface area contributed by atoms with Crippen LogP contribution in [0.25, 0.3) is 53.9 Å². The van der Waals surface area contributed by atoms with Crippen LogP contribution in [0.2, 0.25) is 0 Å². The monoisotopic (exact) mass is 1810 g/mol. The highest BCUT2D eigenvalue weighted by molar-refractivity contribution is 6.14. The molecule has 15 heterocycles. The van der Waals surface area contributed by atoms with E-state index >= 15 is 0 Å². The molecule has 25 rings (SSSR count). The van der Waals surface area contributed by atoms with Crippen molar-refractivity contribution >= 4 is 111 Å². The number of hydrogen-bond acceptors (Lipinski definition) is 25. The molecule has 5 N–H and O–H groups in total. The van der Waals surface area contributed by atoms with E-state index in [9.17, 15) is 0 Å². The highest BCUT2D eigenvalue weighted by Crippen LogP contribution is 2.40. The Balaban J connectivity index is 0.000000105. The maximum atomic E-state index is 6.26. The summed E-state index contributed by atoms with van der Waals surface area (Å²) in [6.07, 6.45) is 38.6. The van der Waals surface area contributed by atoms with Crippen molar-refractivity contribution in [3.05, 3.63) is 300 Å². The normalized spacial score (nSPS) is 20.1. The maximum Gasteiger partial charge on any atom is 0.221 e. The number of benzene rings is 5. The van der Waals surface area contributed by atoms with E-state index in [1.165, 1.54) is 56.9 Å². The van der Waals surface area contributed by atoms with Gasteiger partial charge in [0.05, 0.1) is 44.1 Å². The topological polar surface area (TPSA) is 297 Å². The van der Waals surface area contributed by atoms with E-state index in [0.29, 0.717) is 50.7 Å². The molecule has 136 heavy (non-hydrogen) atoms. The SMILES string of the molecule is C.C[C@H]1CCC[C@H]1Oc1nccc2cc(NC3=NCc4cccnc43)ccc12.C[C@H]1CCC[C@H]1Oc1nccc2cc(NC3=NCc4ncccc43)ccc12.C[C@H]1CC[C@@H](Oc2nccc3cc(NC4=NCc5cccnc54)ccc23)C1.C[C@H]1CC[C@@H](Oc2nccc3cc(NC4=NCc5ncccc54)ccc23)C1.Cc1cnc2c(c1)CN=C2Nc1ccc2c(OC3CCCC3)nccc2c1. The Morgan fingerprint density at radius 2 is 0.618 bits per heavy atom. The van der Waals surface area contributed by atoms with Crippen molar-refractivity contribution in [2.75, 3.05) is 26.6 Å². The third kappa shape index (κ3) is 20.2. The molecule has 688 valence electrons. The molecular formula is C111H114N20O5. The summed E-state index contributed by atoms with van der Waals surface area (Å²) in [5, 5.41) is 27.9. The number of nitrogens with one attached hydrogen (secondary N) is 5. The van der Waals surface area contributed by atoms with Crippen LogP contribution in [0.1, 0.15) is 200 Å². The summed E-state index contributed by atoms with van der Waals surface area (Å²) in [5.74, 6) is 10.6. The van der Waals surface area contributed by atoms with Gasteiger partial charge in [-0.2, -0.15) is 0 Å². The first-order valence-electron chi connectivity index (χ1n) is 47.9. The third-order valence-corrected chi connectivity index (χ3v) is 27.3. The summed E-state index contributed by atoms with van der Waals surface area (Å²) in [6.45, 7) is 14.5. The van der Waals surface area contributed by atoms with Crippen LogP contribution >= 0.6 is 0 Å². The molecule has 15 aromatic rings. The zero-order valence-corrected chi connectivity index (χ0v) is 76.8. The van der Waals surface area contributed by atoms with Gasteiger partial charge in [0.2, 0.25) is 29.4 Å². The zero-order chi connectivity index (χ0) is 91.1. The molecular weight excluding hydrogens is 1690 g/mol. The lowest BCUT2D eigenvalue weighted by atomic mass is 10.1. The van der Waals surface area contributed by atoms with E-state index in [4.69, 9.17) is 23.7 Å². The van der Waals surface area contributed by atoms with E-state index in [1.807, 2.05) is 104 Å². The summed E-state index contributed by atoms with van der Waals surface area (Å²) in [4.78, 5) is 67.6. The fraction of sp³-hybridized carbons (Fsp3) is 0.324. The van der Waals surface area contributed by atoms with Crippen molar-refractivity contribution in [1.29, 1.82) is 0 Å². The Morgan fingerprint density at radius 1 is 0.279 bits per heavy atom. The van der Waals surface area contributed by atoms with Crippen LogP contribution in [0, 0.1) is 30.6 Å². The number of pyridine rings is 10. The van der Waals surface area contributed by atoms with E-state index in [-0.39, 0.29) is 31.8 Å². The first kappa shape index (κ1) is 89.1. The molecule has 0 unspecified atom stereocenters. The molecule has 10 aromatic heterocycles.